The molecule has 1 aromatic carbocycles. The van der Waals surface area contributed by atoms with E-state index in [9.17, 15) is 5.11 Å². The molecular formula is C11H15NO. The van der Waals surface area contributed by atoms with Crippen LogP contribution in [-0.4, -0.2) is 11.7 Å². The Balaban J connectivity index is 1.98. The molecule has 0 aromatic heterocycles. The van der Waals surface area contributed by atoms with Gasteiger partial charge in [-0.3, -0.25) is 0 Å². The predicted octanol–water partition coefficient (Wildman–Crippen LogP) is 2.52. The van der Waals surface area contributed by atoms with Crippen LogP contribution in [0.1, 0.15) is 18.4 Å². The van der Waals surface area contributed by atoms with E-state index in [2.05, 4.69) is 5.32 Å². The molecule has 0 aliphatic heterocycles. The number of benzene rings is 1. The number of nitrogens with one attached hydrogen (secondary N) is 1. The molecule has 1 aliphatic rings. The van der Waals surface area contributed by atoms with Gasteiger partial charge in [0.2, 0.25) is 0 Å². The Bertz CT molecular complexity index is 305. The van der Waals surface area contributed by atoms with E-state index < -0.39 is 0 Å². The Hall–Kier alpha value is -1.18. The van der Waals surface area contributed by atoms with Crippen LogP contribution in [0.15, 0.2) is 18.2 Å². The van der Waals surface area contributed by atoms with Crippen LogP contribution in [0.25, 0.3) is 0 Å². The number of phenols is 1. The molecule has 1 saturated carbocycles. The van der Waals surface area contributed by atoms with Crippen molar-refractivity contribution in [1.29, 1.82) is 0 Å². The fourth-order valence-electron chi connectivity index (χ4n) is 1.30. The molecule has 0 spiro atoms. The third kappa shape index (κ3) is 2.14. The Morgan fingerprint density at radius 3 is 2.85 bits per heavy atom. The van der Waals surface area contributed by atoms with Gasteiger partial charge < -0.3 is 10.4 Å². The van der Waals surface area contributed by atoms with Gasteiger partial charge in [0.15, 0.2) is 0 Å². The molecule has 0 amide bonds. The predicted molar refractivity (Wildman–Crippen MR) is 54.1 cm³/mol. The molecule has 2 N–H and O–H groups in total. The molecule has 0 atom stereocenters. The van der Waals surface area contributed by atoms with Gasteiger partial charge in [-0.15, -0.1) is 0 Å². The van der Waals surface area contributed by atoms with Crippen molar-refractivity contribution in [3.63, 3.8) is 0 Å². The molecule has 70 valence electrons. The van der Waals surface area contributed by atoms with E-state index in [0.29, 0.717) is 5.75 Å². The van der Waals surface area contributed by atoms with Crippen molar-refractivity contribution in [2.24, 2.45) is 5.92 Å². The Morgan fingerprint density at radius 2 is 2.23 bits per heavy atom. The largest absolute Gasteiger partial charge is 0.508 e. The lowest BCUT2D eigenvalue weighted by molar-refractivity contribution is 0.471. The number of hydrogen-bond acceptors (Lipinski definition) is 2. The summed E-state index contributed by atoms with van der Waals surface area (Å²) in [4.78, 5) is 0. The Labute approximate surface area is 78.6 Å². The van der Waals surface area contributed by atoms with Crippen molar-refractivity contribution in [2.75, 3.05) is 11.9 Å². The summed E-state index contributed by atoms with van der Waals surface area (Å²) >= 11 is 0. The van der Waals surface area contributed by atoms with E-state index in [1.165, 1.54) is 12.8 Å². The maximum atomic E-state index is 9.44. The highest BCUT2D eigenvalue weighted by molar-refractivity contribution is 5.50. The number of hydrogen-bond donors (Lipinski definition) is 2. The smallest absolute Gasteiger partial charge is 0.120 e. The third-order valence-corrected chi connectivity index (χ3v) is 2.50. The second-order valence-electron chi connectivity index (χ2n) is 3.83. The normalized spacial score (nSPS) is 15.8. The van der Waals surface area contributed by atoms with Crippen molar-refractivity contribution in [3.05, 3.63) is 23.8 Å². The van der Waals surface area contributed by atoms with Crippen LogP contribution in [-0.2, 0) is 0 Å². The zero-order chi connectivity index (χ0) is 9.26. The highest BCUT2D eigenvalue weighted by Gasteiger charge is 2.20. The van der Waals surface area contributed by atoms with Gasteiger partial charge in [-0.2, -0.15) is 0 Å². The van der Waals surface area contributed by atoms with E-state index in [1.807, 2.05) is 19.1 Å². The van der Waals surface area contributed by atoms with Gasteiger partial charge in [-0.05, 0) is 37.3 Å². The molecule has 2 nitrogen and oxygen atoms in total. The molecule has 0 radical (unpaired) electrons. The fourth-order valence-corrected chi connectivity index (χ4v) is 1.30. The van der Waals surface area contributed by atoms with Crippen molar-refractivity contribution < 1.29 is 5.11 Å². The molecule has 1 fully saturated rings. The minimum atomic E-state index is 0.376. The topological polar surface area (TPSA) is 32.3 Å². The summed E-state index contributed by atoms with van der Waals surface area (Å²) in [5, 5.41) is 12.8. The Morgan fingerprint density at radius 1 is 1.46 bits per heavy atom. The van der Waals surface area contributed by atoms with Crippen LogP contribution in [0.3, 0.4) is 0 Å². The molecule has 13 heavy (non-hydrogen) atoms. The maximum Gasteiger partial charge on any atom is 0.120 e. The van der Waals surface area contributed by atoms with Gasteiger partial charge in [0.25, 0.3) is 0 Å². The van der Waals surface area contributed by atoms with Crippen LogP contribution >= 0.6 is 0 Å². The summed E-state index contributed by atoms with van der Waals surface area (Å²) in [6.07, 6.45) is 2.70. The van der Waals surface area contributed by atoms with Crippen LogP contribution in [0.4, 0.5) is 5.69 Å². The van der Waals surface area contributed by atoms with Gasteiger partial charge >= 0.3 is 0 Å². The zero-order valence-corrected chi connectivity index (χ0v) is 7.88. The number of anilines is 1. The molecule has 0 saturated heterocycles. The van der Waals surface area contributed by atoms with E-state index in [4.69, 9.17) is 0 Å². The second kappa shape index (κ2) is 3.29. The first-order chi connectivity index (χ1) is 6.25. The molecule has 2 heteroatoms. The molecule has 0 heterocycles. The minimum Gasteiger partial charge on any atom is -0.508 e. The zero-order valence-electron chi connectivity index (χ0n) is 7.88. The number of phenolic OH excluding ortho intramolecular Hbond substituents is 1. The molecular weight excluding hydrogens is 162 g/mol. The number of aromatic hydroxyl groups is 1. The van der Waals surface area contributed by atoms with Gasteiger partial charge in [0.05, 0.1) is 0 Å². The lowest BCUT2D eigenvalue weighted by atomic mass is 10.2. The quantitative estimate of drug-likeness (QED) is 0.743. The summed E-state index contributed by atoms with van der Waals surface area (Å²) in [6, 6.07) is 5.74. The molecule has 0 unspecified atom stereocenters. The molecule has 2 rings (SSSR count). The first kappa shape index (κ1) is 8.42. The van der Waals surface area contributed by atoms with Crippen molar-refractivity contribution in [1.82, 2.24) is 0 Å². The lowest BCUT2D eigenvalue weighted by Crippen LogP contribution is -2.02. The van der Waals surface area contributed by atoms with Crippen LogP contribution in [0.5, 0.6) is 5.75 Å². The van der Waals surface area contributed by atoms with Crippen molar-refractivity contribution in [3.8, 4) is 5.75 Å². The van der Waals surface area contributed by atoms with Crippen molar-refractivity contribution >= 4 is 5.69 Å². The minimum absolute atomic E-state index is 0.376. The summed E-state index contributed by atoms with van der Waals surface area (Å²) in [7, 11) is 0. The average Bonchev–Trinajstić information content (AvgIpc) is 2.91. The third-order valence-electron chi connectivity index (χ3n) is 2.50. The SMILES string of the molecule is Cc1ccc(NCC2CC2)cc1O. The van der Waals surface area contributed by atoms with Gasteiger partial charge in [0.1, 0.15) is 5.75 Å². The van der Waals surface area contributed by atoms with Crippen LogP contribution < -0.4 is 5.32 Å². The van der Waals surface area contributed by atoms with Crippen molar-refractivity contribution in [2.45, 2.75) is 19.8 Å². The molecule has 0 bridgehead atoms. The highest BCUT2D eigenvalue weighted by atomic mass is 16.3. The average molecular weight is 177 g/mol. The number of rotatable bonds is 3. The Kier molecular flexibility index (Phi) is 2.13. The second-order valence-corrected chi connectivity index (χ2v) is 3.83. The highest BCUT2D eigenvalue weighted by Crippen LogP contribution is 2.29. The standard InChI is InChI=1S/C11H15NO/c1-8-2-5-10(6-11(8)13)12-7-9-3-4-9/h2,5-6,9,12-13H,3-4,7H2,1H3. The van der Waals surface area contributed by atoms with E-state index in [-0.39, 0.29) is 0 Å². The van der Waals surface area contributed by atoms with E-state index in [0.717, 1.165) is 23.7 Å². The summed E-state index contributed by atoms with van der Waals surface area (Å²) in [5.74, 6) is 1.24. The van der Waals surface area contributed by atoms with Crippen LogP contribution in [0, 0.1) is 12.8 Å². The number of aryl methyl sites for hydroxylation is 1. The molecule has 1 aliphatic carbocycles. The van der Waals surface area contributed by atoms with Gasteiger partial charge in [0, 0.05) is 18.3 Å². The summed E-state index contributed by atoms with van der Waals surface area (Å²) in [6.45, 7) is 2.95. The lowest BCUT2D eigenvalue weighted by Gasteiger charge is -2.06. The molecule has 1 aromatic rings. The van der Waals surface area contributed by atoms with Crippen LogP contribution in [0.2, 0.25) is 0 Å². The fraction of sp³-hybridized carbons (Fsp3) is 0.455. The summed E-state index contributed by atoms with van der Waals surface area (Å²) < 4.78 is 0. The summed E-state index contributed by atoms with van der Waals surface area (Å²) in [5.41, 5.74) is 1.95. The van der Waals surface area contributed by atoms with Gasteiger partial charge in [-0.25, -0.2) is 0 Å². The van der Waals surface area contributed by atoms with Gasteiger partial charge in [-0.1, -0.05) is 6.07 Å². The van der Waals surface area contributed by atoms with E-state index >= 15 is 0 Å². The maximum absolute atomic E-state index is 9.44. The first-order valence-corrected chi connectivity index (χ1v) is 4.79. The van der Waals surface area contributed by atoms with E-state index in [1.54, 1.807) is 6.07 Å². The first-order valence-electron chi connectivity index (χ1n) is 4.79. The monoisotopic (exact) mass is 177 g/mol.